The van der Waals surface area contributed by atoms with Crippen LogP contribution in [0.4, 0.5) is 11.5 Å². The summed E-state index contributed by atoms with van der Waals surface area (Å²) in [7, 11) is 0. The maximum absolute atomic E-state index is 12.9. The summed E-state index contributed by atoms with van der Waals surface area (Å²) in [5.74, 6) is 0.747. The minimum Gasteiger partial charge on any atom is -0.368 e. The van der Waals surface area contributed by atoms with Gasteiger partial charge < -0.3 is 15.1 Å². The van der Waals surface area contributed by atoms with Gasteiger partial charge in [-0.15, -0.1) is 0 Å². The van der Waals surface area contributed by atoms with Crippen LogP contribution in [0.15, 0.2) is 73.2 Å². The lowest BCUT2D eigenvalue weighted by atomic mass is 10.2. The van der Waals surface area contributed by atoms with Crippen molar-refractivity contribution in [3.63, 3.8) is 0 Å². The zero-order valence-corrected chi connectivity index (χ0v) is 15.7. The van der Waals surface area contributed by atoms with E-state index in [1.165, 1.54) is 5.69 Å². The molecule has 142 valence electrons. The van der Waals surface area contributed by atoms with Crippen molar-refractivity contribution in [3.8, 4) is 0 Å². The number of hydrogen-bond donors (Lipinski definition) is 1. The van der Waals surface area contributed by atoms with Crippen LogP contribution in [0.1, 0.15) is 15.9 Å². The molecular weight excluding hydrogens is 350 g/mol. The van der Waals surface area contributed by atoms with Crippen LogP contribution in [0.25, 0.3) is 0 Å². The van der Waals surface area contributed by atoms with E-state index in [2.05, 4.69) is 32.3 Å². The summed E-state index contributed by atoms with van der Waals surface area (Å²) < 4.78 is 0. The molecule has 0 radical (unpaired) electrons. The van der Waals surface area contributed by atoms with Crippen molar-refractivity contribution in [2.45, 2.75) is 6.54 Å². The number of para-hydroxylation sites is 1. The molecule has 0 atom stereocenters. The Balaban J connectivity index is 1.36. The van der Waals surface area contributed by atoms with Gasteiger partial charge >= 0.3 is 0 Å². The molecule has 0 bridgehead atoms. The highest BCUT2D eigenvalue weighted by Crippen LogP contribution is 2.17. The van der Waals surface area contributed by atoms with Crippen LogP contribution in [-0.4, -0.2) is 47.0 Å². The molecule has 0 spiro atoms. The van der Waals surface area contributed by atoms with Crippen molar-refractivity contribution in [2.75, 3.05) is 36.4 Å². The highest BCUT2D eigenvalue weighted by Gasteiger charge is 2.22. The van der Waals surface area contributed by atoms with Gasteiger partial charge in [0.25, 0.3) is 5.91 Å². The number of aromatic nitrogens is 2. The molecule has 0 unspecified atom stereocenters. The first-order valence-electron chi connectivity index (χ1n) is 9.48. The Hall–Kier alpha value is -3.41. The van der Waals surface area contributed by atoms with Crippen LogP contribution >= 0.6 is 0 Å². The fourth-order valence-corrected chi connectivity index (χ4v) is 3.34. The van der Waals surface area contributed by atoms with Gasteiger partial charge in [0.2, 0.25) is 0 Å². The number of anilines is 2. The summed E-state index contributed by atoms with van der Waals surface area (Å²) in [5.41, 5.74) is 2.94. The molecule has 1 aromatic carbocycles. The predicted octanol–water partition coefficient (Wildman–Crippen LogP) is 3.05. The average molecular weight is 373 g/mol. The van der Waals surface area contributed by atoms with E-state index in [1.807, 2.05) is 47.5 Å². The third-order valence-corrected chi connectivity index (χ3v) is 4.89. The van der Waals surface area contributed by atoms with Crippen molar-refractivity contribution >= 4 is 17.4 Å². The maximum atomic E-state index is 12.9. The highest BCUT2D eigenvalue weighted by molar-refractivity contribution is 5.95. The second-order valence-corrected chi connectivity index (χ2v) is 6.76. The molecule has 0 aliphatic carbocycles. The summed E-state index contributed by atoms with van der Waals surface area (Å²) in [6.45, 7) is 3.73. The van der Waals surface area contributed by atoms with Gasteiger partial charge in [0.05, 0.1) is 0 Å². The average Bonchev–Trinajstić information content (AvgIpc) is 2.79. The second kappa shape index (κ2) is 8.52. The van der Waals surface area contributed by atoms with E-state index in [-0.39, 0.29) is 5.91 Å². The van der Waals surface area contributed by atoms with Gasteiger partial charge in [0, 0.05) is 62.6 Å². The number of nitrogens with zero attached hydrogens (tertiary/aromatic N) is 4. The third-order valence-electron chi connectivity index (χ3n) is 4.89. The molecule has 2 aromatic heterocycles. The Labute approximate surface area is 164 Å². The van der Waals surface area contributed by atoms with E-state index in [9.17, 15) is 4.79 Å². The molecule has 4 rings (SSSR count). The molecule has 6 nitrogen and oxygen atoms in total. The van der Waals surface area contributed by atoms with Gasteiger partial charge in [0.1, 0.15) is 5.82 Å². The maximum Gasteiger partial charge on any atom is 0.254 e. The summed E-state index contributed by atoms with van der Waals surface area (Å²) in [4.78, 5) is 25.6. The van der Waals surface area contributed by atoms with Crippen molar-refractivity contribution in [1.82, 2.24) is 14.9 Å². The summed E-state index contributed by atoms with van der Waals surface area (Å²) in [6.07, 6.45) is 5.24. The summed E-state index contributed by atoms with van der Waals surface area (Å²) in [6, 6.07) is 17.8. The predicted molar refractivity (Wildman–Crippen MR) is 110 cm³/mol. The Morgan fingerprint density at radius 2 is 1.79 bits per heavy atom. The van der Waals surface area contributed by atoms with Crippen LogP contribution in [0.3, 0.4) is 0 Å². The second-order valence-electron chi connectivity index (χ2n) is 6.76. The number of rotatable bonds is 5. The quantitative estimate of drug-likeness (QED) is 0.745. The third kappa shape index (κ3) is 4.28. The first-order valence-corrected chi connectivity index (χ1v) is 9.48. The van der Waals surface area contributed by atoms with Crippen LogP contribution in [0.5, 0.6) is 0 Å². The normalized spacial score (nSPS) is 14.0. The zero-order valence-electron chi connectivity index (χ0n) is 15.7. The Morgan fingerprint density at radius 3 is 2.54 bits per heavy atom. The van der Waals surface area contributed by atoms with Gasteiger partial charge in [-0.3, -0.25) is 9.78 Å². The minimum absolute atomic E-state index is 0.0551. The van der Waals surface area contributed by atoms with Crippen molar-refractivity contribution in [2.24, 2.45) is 0 Å². The lowest BCUT2D eigenvalue weighted by Gasteiger charge is -2.36. The molecule has 1 saturated heterocycles. The highest BCUT2D eigenvalue weighted by atomic mass is 16.2. The fraction of sp³-hybridized carbons (Fsp3) is 0.227. The molecule has 1 fully saturated rings. The van der Waals surface area contributed by atoms with Gasteiger partial charge in [-0.2, -0.15) is 0 Å². The molecule has 1 amide bonds. The topological polar surface area (TPSA) is 61.4 Å². The molecule has 1 aliphatic heterocycles. The molecule has 1 N–H and O–H groups in total. The van der Waals surface area contributed by atoms with Crippen molar-refractivity contribution in [1.29, 1.82) is 0 Å². The van der Waals surface area contributed by atoms with E-state index in [0.29, 0.717) is 31.0 Å². The van der Waals surface area contributed by atoms with Crippen LogP contribution in [0, 0.1) is 0 Å². The van der Waals surface area contributed by atoms with E-state index in [1.54, 1.807) is 18.5 Å². The molecule has 6 heteroatoms. The number of amides is 1. The number of carbonyl (C=O) groups is 1. The number of benzene rings is 1. The molecule has 3 aromatic rings. The molecule has 1 aliphatic rings. The standard InChI is InChI=1S/C22H23N5O/c28-22(27-13-11-26(12-14-27)20-6-2-1-3-7-20)19-8-10-24-21(15-19)25-17-18-5-4-9-23-16-18/h1-10,15-16H,11-14,17H2,(H,24,25). The number of pyridine rings is 2. The first-order chi connectivity index (χ1) is 13.8. The van der Waals surface area contributed by atoms with Crippen LogP contribution < -0.4 is 10.2 Å². The lowest BCUT2D eigenvalue weighted by Crippen LogP contribution is -2.48. The zero-order chi connectivity index (χ0) is 19.2. The first kappa shape index (κ1) is 18.0. The summed E-state index contributed by atoms with van der Waals surface area (Å²) >= 11 is 0. The molecule has 28 heavy (non-hydrogen) atoms. The monoisotopic (exact) mass is 373 g/mol. The SMILES string of the molecule is O=C(c1ccnc(NCc2cccnc2)c1)N1CCN(c2ccccc2)CC1. The van der Waals surface area contributed by atoms with Crippen molar-refractivity contribution in [3.05, 3.63) is 84.3 Å². The number of carbonyl (C=O) groups excluding carboxylic acids is 1. The number of hydrogen-bond acceptors (Lipinski definition) is 5. The minimum atomic E-state index is 0.0551. The van der Waals surface area contributed by atoms with Gasteiger partial charge in [0.15, 0.2) is 0 Å². The lowest BCUT2D eigenvalue weighted by molar-refractivity contribution is 0.0746. The van der Waals surface area contributed by atoms with Gasteiger partial charge in [-0.1, -0.05) is 24.3 Å². The van der Waals surface area contributed by atoms with Crippen LogP contribution in [0.2, 0.25) is 0 Å². The van der Waals surface area contributed by atoms with E-state index in [4.69, 9.17) is 0 Å². The molecule has 3 heterocycles. The van der Waals surface area contributed by atoms with E-state index >= 15 is 0 Å². The van der Waals surface area contributed by atoms with Gasteiger partial charge in [-0.25, -0.2) is 4.98 Å². The Morgan fingerprint density at radius 1 is 0.964 bits per heavy atom. The summed E-state index contributed by atoms with van der Waals surface area (Å²) in [5, 5.41) is 3.26. The number of nitrogens with one attached hydrogen (secondary N) is 1. The van der Waals surface area contributed by atoms with Crippen molar-refractivity contribution < 1.29 is 4.79 Å². The van der Waals surface area contributed by atoms with E-state index in [0.717, 1.165) is 18.7 Å². The Kier molecular flexibility index (Phi) is 5.47. The van der Waals surface area contributed by atoms with Crippen LogP contribution in [-0.2, 0) is 6.54 Å². The smallest absolute Gasteiger partial charge is 0.254 e. The Bertz CT molecular complexity index is 908. The molecule has 0 saturated carbocycles. The molecular formula is C22H23N5O. The van der Waals surface area contributed by atoms with E-state index < -0.39 is 0 Å². The van der Waals surface area contributed by atoms with Gasteiger partial charge in [-0.05, 0) is 35.9 Å². The number of piperazine rings is 1. The largest absolute Gasteiger partial charge is 0.368 e. The fourth-order valence-electron chi connectivity index (χ4n) is 3.34.